The lowest BCUT2D eigenvalue weighted by Crippen LogP contribution is -2.61. The number of rotatable bonds is 9. The van der Waals surface area contributed by atoms with Gasteiger partial charge in [0.25, 0.3) is 6.71 Å². The molecule has 0 unspecified atom stereocenters. The first-order valence-corrected chi connectivity index (χ1v) is 40.9. The SMILES string of the molecule is [2H]c1c([2H])c([2H])c(-c2ccc3c(c2)N(c2c(-c4ccc(C(C)(C)C)cc4)cccc2-c2c(C(C)(C)C)cccc2C(C)(C)C)c2cc(-n4c5ccc(C(C)(C)C)cc5c5cc(C(C)(C)C)ccc54)cc4c2B3c2ccc(-c3c([2H])c([2H])c([2H])c([2H])c3[2H])cc2N4c2c(-c3ccc(C(C)(C)C)cc3)cccc2-c2c(C(C)(C)C)cccc2C(C)(C)C)c([2H])c1[2H]. The first-order chi connectivity index (χ1) is 57.8. The molecule has 14 aromatic rings. The topological polar surface area (TPSA) is 11.4 Å². The average molecular weight is 1500 g/mol. The van der Waals surface area contributed by atoms with Gasteiger partial charge in [-0.25, -0.2) is 0 Å². The van der Waals surface area contributed by atoms with E-state index in [0.717, 1.165) is 133 Å². The average Bonchev–Trinajstić information content (AvgIpc) is 0.702. The van der Waals surface area contributed by atoms with Crippen LogP contribution >= 0.6 is 0 Å². The van der Waals surface area contributed by atoms with Crippen molar-refractivity contribution >= 4 is 79.0 Å². The molecule has 574 valence electrons. The maximum atomic E-state index is 9.91. The number of hydrogen-bond donors (Lipinski definition) is 0. The molecule has 2 aliphatic rings. The monoisotopic (exact) mass is 1500 g/mol. The van der Waals surface area contributed by atoms with Gasteiger partial charge in [-0.15, -0.1) is 0 Å². The fourth-order valence-electron chi connectivity index (χ4n) is 17.8. The highest BCUT2D eigenvalue weighted by Gasteiger charge is 2.47. The molecule has 0 radical (unpaired) electrons. The maximum absolute atomic E-state index is 9.91. The Bertz CT molecular complexity index is 6230. The Morgan fingerprint density at radius 3 is 0.895 bits per heavy atom. The molecule has 114 heavy (non-hydrogen) atoms. The van der Waals surface area contributed by atoms with Gasteiger partial charge in [0, 0.05) is 55.8 Å². The van der Waals surface area contributed by atoms with Crippen LogP contribution in [0, 0.1) is 0 Å². The Hall–Kier alpha value is -10.7. The summed E-state index contributed by atoms with van der Waals surface area (Å²) < 4.78 is 97.6. The largest absolute Gasteiger partial charge is 0.310 e. The maximum Gasteiger partial charge on any atom is 0.252 e. The van der Waals surface area contributed by atoms with Gasteiger partial charge in [-0.2, -0.15) is 0 Å². The van der Waals surface area contributed by atoms with E-state index in [1.54, 1.807) is 0 Å². The first-order valence-electron chi connectivity index (χ1n) is 45.9. The molecule has 0 bridgehead atoms. The highest BCUT2D eigenvalue weighted by Crippen LogP contribution is 2.58. The number of para-hydroxylation sites is 2. The quantitative estimate of drug-likeness (QED) is 0.133. The number of fused-ring (bicyclic) bond motifs is 7. The van der Waals surface area contributed by atoms with Gasteiger partial charge in [0.2, 0.25) is 0 Å². The fourth-order valence-corrected chi connectivity index (χ4v) is 17.8. The summed E-state index contributed by atoms with van der Waals surface area (Å²) in [5.41, 5.74) is 25.8. The lowest BCUT2D eigenvalue weighted by molar-refractivity contribution is 0.571. The van der Waals surface area contributed by atoms with Crippen molar-refractivity contribution in [1.82, 2.24) is 4.57 Å². The van der Waals surface area contributed by atoms with Crippen LogP contribution in [0.4, 0.5) is 34.1 Å². The summed E-state index contributed by atoms with van der Waals surface area (Å²) in [5.74, 6) is 0. The van der Waals surface area contributed by atoms with Gasteiger partial charge in [-0.1, -0.05) is 384 Å². The summed E-state index contributed by atoms with van der Waals surface area (Å²) in [4.78, 5) is 4.97. The van der Waals surface area contributed by atoms with E-state index in [4.69, 9.17) is 2.74 Å². The standard InChI is InChI=1S/C110H116BN3/c1-103(2,3)75-53-47-71(48-54-75)80-39-31-41-82(98-86(107(13,14)15)43-33-44-87(98)108(16,17)18)101(80)113-94-63-73(69-35-27-25-28-36-69)51-59-90(94)111-91-60-52-74(70-37-29-26-30-38-70)64-95(91)114(97-68-79(67-96(113)100(97)111)112-92-61-57-77(105(7,8)9)65-84(92)85-66-78(106(10,11)12)58-62-93(85)112)102-81(72-49-55-76(56-50-72)104(4,5)6)40-32-42-83(102)99-88(109(19,20)21)45-34-46-89(99)110(22,23)24/h25-68H,1-24H3/i25D,26D,27D,28D,29D,30D,35D,36D,37D,38D. The zero-order valence-corrected chi connectivity index (χ0v) is 71.5. The normalized spacial score (nSPS) is 14.8. The highest BCUT2D eigenvalue weighted by molar-refractivity contribution is 7.00. The summed E-state index contributed by atoms with van der Waals surface area (Å²) in [6.07, 6.45) is 0. The van der Waals surface area contributed by atoms with Crippen LogP contribution in [0.5, 0.6) is 0 Å². The fraction of sp³-hybridized carbons (Fsp3) is 0.291. The van der Waals surface area contributed by atoms with Crippen LogP contribution in [-0.2, 0) is 43.3 Å². The van der Waals surface area contributed by atoms with Gasteiger partial charge >= 0.3 is 0 Å². The van der Waals surface area contributed by atoms with E-state index in [9.17, 15) is 11.0 Å². The molecular weight excluding hydrogens is 1370 g/mol. The zero-order chi connectivity index (χ0) is 89.8. The molecule has 0 saturated carbocycles. The minimum Gasteiger partial charge on any atom is -0.310 e. The van der Waals surface area contributed by atoms with Crippen LogP contribution in [0.25, 0.3) is 94.3 Å². The minimum absolute atomic E-state index is 0.0613. The van der Waals surface area contributed by atoms with Crippen LogP contribution < -0.4 is 26.2 Å². The van der Waals surface area contributed by atoms with Crippen molar-refractivity contribution in [3.05, 3.63) is 311 Å². The third kappa shape index (κ3) is 13.7. The van der Waals surface area contributed by atoms with E-state index in [1.807, 2.05) is 12.1 Å². The molecule has 0 spiro atoms. The summed E-state index contributed by atoms with van der Waals surface area (Å²) in [6, 6.07) is 72.1. The number of benzene rings is 13. The molecular formula is C110H116BN3. The molecule has 0 fully saturated rings. The van der Waals surface area contributed by atoms with E-state index in [1.165, 1.54) is 22.3 Å². The zero-order valence-electron chi connectivity index (χ0n) is 81.5. The third-order valence-corrected chi connectivity index (χ3v) is 23.9. The van der Waals surface area contributed by atoms with Crippen molar-refractivity contribution in [3.63, 3.8) is 0 Å². The highest BCUT2D eigenvalue weighted by atomic mass is 15.2. The summed E-state index contributed by atoms with van der Waals surface area (Å²) in [6.45, 7) is 54.0. The van der Waals surface area contributed by atoms with Crippen molar-refractivity contribution in [2.45, 2.75) is 209 Å². The second kappa shape index (κ2) is 27.5. The number of anilines is 6. The lowest BCUT2D eigenvalue weighted by Gasteiger charge is -2.46. The van der Waals surface area contributed by atoms with Crippen LogP contribution in [0.15, 0.2) is 267 Å². The third-order valence-electron chi connectivity index (χ3n) is 23.9. The summed E-state index contributed by atoms with van der Waals surface area (Å²) in [7, 11) is 0. The van der Waals surface area contributed by atoms with Crippen LogP contribution in [-0.4, -0.2) is 11.3 Å². The van der Waals surface area contributed by atoms with E-state index in [0.29, 0.717) is 22.5 Å². The predicted molar refractivity (Wildman–Crippen MR) is 497 cm³/mol. The Morgan fingerprint density at radius 2 is 0.570 bits per heavy atom. The van der Waals surface area contributed by atoms with Crippen molar-refractivity contribution in [2.24, 2.45) is 0 Å². The number of aromatic nitrogens is 1. The van der Waals surface area contributed by atoms with E-state index < -0.39 is 64.6 Å². The van der Waals surface area contributed by atoms with E-state index in [-0.39, 0.29) is 57.0 Å². The molecule has 16 rings (SSSR count). The molecule has 3 nitrogen and oxygen atoms in total. The molecule has 0 saturated heterocycles. The van der Waals surface area contributed by atoms with Crippen LogP contribution in [0.3, 0.4) is 0 Å². The van der Waals surface area contributed by atoms with E-state index in [2.05, 4.69) is 375 Å². The summed E-state index contributed by atoms with van der Waals surface area (Å²) in [5, 5.41) is 2.18. The van der Waals surface area contributed by atoms with E-state index >= 15 is 0 Å². The Balaban J connectivity index is 1.21. The number of hydrogen-bond acceptors (Lipinski definition) is 2. The second-order valence-electron chi connectivity index (χ2n) is 40.4. The Labute approximate surface area is 696 Å². The lowest BCUT2D eigenvalue weighted by atomic mass is 9.33. The predicted octanol–water partition coefficient (Wildman–Crippen LogP) is 29.2. The smallest absolute Gasteiger partial charge is 0.252 e. The first kappa shape index (κ1) is 65.7. The van der Waals surface area contributed by atoms with Crippen molar-refractivity contribution in [3.8, 4) is 72.4 Å². The van der Waals surface area contributed by atoms with Gasteiger partial charge < -0.3 is 14.4 Å². The molecule has 4 heteroatoms. The summed E-state index contributed by atoms with van der Waals surface area (Å²) >= 11 is 0. The van der Waals surface area contributed by atoms with Crippen molar-refractivity contribution < 1.29 is 13.7 Å². The molecule has 1 aromatic heterocycles. The Kier molecular flexibility index (Phi) is 15.9. The molecule has 2 aliphatic heterocycles. The molecule has 0 amide bonds. The van der Waals surface area contributed by atoms with Gasteiger partial charge in [-0.05, 0) is 197 Å². The van der Waals surface area contributed by atoms with Gasteiger partial charge in [-0.3, -0.25) is 0 Å². The van der Waals surface area contributed by atoms with Gasteiger partial charge in [0.15, 0.2) is 0 Å². The van der Waals surface area contributed by atoms with Crippen LogP contribution in [0.2, 0.25) is 0 Å². The van der Waals surface area contributed by atoms with Gasteiger partial charge in [0.1, 0.15) is 0 Å². The minimum atomic E-state index is -0.691. The van der Waals surface area contributed by atoms with Gasteiger partial charge in [0.05, 0.1) is 41.8 Å². The molecule has 3 heterocycles. The van der Waals surface area contributed by atoms with Crippen molar-refractivity contribution in [1.29, 1.82) is 0 Å². The molecule has 0 atom stereocenters. The Morgan fingerprint density at radius 1 is 0.263 bits per heavy atom. The molecule has 0 aliphatic carbocycles. The molecule has 0 N–H and O–H groups in total. The van der Waals surface area contributed by atoms with Crippen LogP contribution in [0.1, 0.15) is 224 Å². The van der Waals surface area contributed by atoms with Crippen molar-refractivity contribution in [2.75, 3.05) is 9.80 Å². The second-order valence-corrected chi connectivity index (χ2v) is 40.4. The number of nitrogens with zero attached hydrogens (tertiary/aromatic N) is 3. The molecule has 13 aromatic carbocycles.